The highest BCUT2D eigenvalue weighted by atomic mass is 28.4. The summed E-state index contributed by atoms with van der Waals surface area (Å²) in [7, 11) is 4.02. The molecule has 3 rings (SSSR count). The molecule has 3 heterocycles. The molecule has 3 aliphatic heterocycles. The fourth-order valence-electron chi connectivity index (χ4n) is 5.87. The molecule has 3 fully saturated rings. The molecular formula is C25H39N3O7Si. The maximum Gasteiger partial charge on any atom is 0.232 e. The van der Waals surface area contributed by atoms with Crippen LogP contribution in [0.25, 0.3) is 0 Å². The second-order valence-electron chi connectivity index (χ2n) is 10.6. The lowest BCUT2D eigenvalue weighted by molar-refractivity contribution is -0.139. The first kappa shape index (κ1) is 28.2. The predicted octanol–water partition coefficient (Wildman–Crippen LogP) is 1.93. The van der Waals surface area contributed by atoms with Crippen molar-refractivity contribution in [2.75, 3.05) is 28.3 Å². The van der Waals surface area contributed by atoms with Gasteiger partial charge >= 0.3 is 0 Å². The van der Waals surface area contributed by atoms with Crippen LogP contribution >= 0.6 is 0 Å². The van der Waals surface area contributed by atoms with E-state index in [1.54, 1.807) is 7.11 Å². The lowest BCUT2D eigenvalue weighted by Gasteiger charge is -2.31. The maximum atomic E-state index is 12.3. The quantitative estimate of drug-likeness (QED) is 0.268. The summed E-state index contributed by atoms with van der Waals surface area (Å²) in [5.74, 6) is -1.60. The first-order valence-electron chi connectivity index (χ1n) is 13.0. The van der Waals surface area contributed by atoms with Crippen molar-refractivity contribution >= 4 is 43.8 Å². The number of hydrogen-bond acceptors (Lipinski definition) is 7. The summed E-state index contributed by atoms with van der Waals surface area (Å²) >= 11 is 0. The number of carbonyl (C=O) groups excluding carboxylic acids is 6. The van der Waals surface area contributed by atoms with Crippen molar-refractivity contribution in [1.82, 2.24) is 14.7 Å². The molecule has 0 aliphatic carbocycles. The molecule has 0 N–H and O–H groups in total. The smallest absolute Gasteiger partial charge is 0.232 e. The summed E-state index contributed by atoms with van der Waals surface area (Å²) in [4.78, 5) is 76.1. The van der Waals surface area contributed by atoms with Crippen LogP contribution in [0.1, 0.15) is 57.8 Å². The highest BCUT2D eigenvalue weighted by Gasteiger charge is 2.40. The van der Waals surface area contributed by atoms with Crippen molar-refractivity contribution in [1.29, 1.82) is 0 Å². The molecule has 3 atom stereocenters. The van der Waals surface area contributed by atoms with Crippen molar-refractivity contribution < 1.29 is 33.2 Å². The van der Waals surface area contributed by atoms with Gasteiger partial charge in [-0.25, -0.2) is 0 Å². The summed E-state index contributed by atoms with van der Waals surface area (Å²) in [6.45, 7) is 0. The van der Waals surface area contributed by atoms with Crippen molar-refractivity contribution in [3.05, 3.63) is 0 Å². The Morgan fingerprint density at radius 2 is 0.889 bits per heavy atom. The van der Waals surface area contributed by atoms with E-state index in [-0.39, 0.29) is 72.5 Å². The zero-order valence-electron chi connectivity index (χ0n) is 21.9. The standard InChI is InChI=1S/C25H39N3O7Si/c1-26-20(29)14-17(23(26)32)8-5-11-36(35-4,12-6-9-18-15-21(30)27(2)24(18)33)13-7-10-19-16-22(31)28(3)25(19)34/h17-19H,5-16H2,1-4H3. The number of carbonyl (C=O) groups is 6. The van der Waals surface area contributed by atoms with Gasteiger partial charge in [0.05, 0.1) is 0 Å². The molecule has 11 heteroatoms. The Hall–Kier alpha value is -2.40. The highest BCUT2D eigenvalue weighted by molar-refractivity contribution is 6.73. The molecule has 3 unspecified atom stereocenters. The van der Waals surface area contributed by atoms with E-state index in [9.17, 15) is 28.8 Å². The lowest BCUT2D eigenvalue weighted by atomic mass is 10.0. The minimum Gasteiger partial charge on any atom is -0.420 e. The summed E-state index contributed by atoms with van der Waals surface area (Å²) < 4.78 is 6.19. The third kappa shape index (κ3) is 6.11. The van der Waals surface area contributed by atoms with E-state index in [1.807, 2.05) is 0 Å². The first-order valence-corrected chi connectivity index (χ1v) is 15.5. The predicted molar refractivity (Wildman–Crippen MR) is 133 cm³/mol. The molecule has 3 aliphatic rings. The Morgan fingerprint density at radius 3 is 1.08 bits per heavy atom. The van der Waals surface area contributed by atoms with Crippen molar-refractivity contribution in [3.63, 3.8) is 0 Å². The molecule has 200 valence electrons. The average Bonchev–Trinajstić information content (AvgIpc) is 3.35. The van der Waals surface area contributed by atoms with Gasteiger partial charge in [-0.1, -0.05) is 19.3 Å². The number of rotatable bonds is 13. The molecule has 6 amide bonds. The Bertz CT molecular complexity index is 811. The van der Waals surface area contributed by atoms with Crippen LogP contribution in [0.3, 0.4) is 0 Å². The van der Waals surface area contributed by atoms with Crippen LogP contribution in [0.2, 0.25) is 18.1 Å². The molecule has 0 bridgehead atoms. The molecule has 3 saturated heterocycles. The Labute approximate surface area is 213 Å². The van der Waals surface area contributed by atoms with Gasteiger partial charge in [-0.3, -0.25) is 43.5 Å². The number of imide groups is 3. The number of nitrogens with zero attached hydrogens (tertiary/aromatic N) is 3. The van der Waals surface area contributed by atoms with Gasteiger partial charge in [-0.2, -0.15) is 0 Å². The fraction of sp³-hybridized carbons (Fsp3) is 0.760. The van der Waals surface area contributed by atoms with Crippen molar-refractivity contribution in [3.8, 4) is 0 Å². The Morgan fingerprint density at radius 1 is 0.611 bits per heavy atom. The average molecular weight is 522 g/mol. The van der Waals surface area contributed by atoms with Crippen LogP contribution in [0.5, 0.6) is 0 Å². The maximum absolute atomic E-state index is 12.3. The van der Waals surface area contributed by atoms with Gasteiger partial charge in [-0.05, 0) is 37.4 Å². The molecular weight excluding hydrogens is 482 g/mol. The molecule has 36 heavy (non-hydrogen) atoms. The number of hydrogen-bond donors (Lipinski definition) is 0. The zero-order chi connectivity index (χ0) is 26.6. The normalized spacial score (nSPS) is 26.7. The van der Waals surface area contributed by atoms with E-state index in [2.05, 4.69) is 0 Å². The minimum atomic E-state index is -2.28. The zero-order valence-corrected chi connectivity index (χ0v) is 22.9. The fourth-order valence-corrected chi connectivity index (χ4v) is 9.77. The van der Waals surface area contributed by atoms with Crippen LogP contribution in [0.15, 0.2) is 0 Å². The van der Waals surface area contributed by atoms with E-state index < -0.39 is 8.32 Å². The number of amides is 6. The second-order valence-corrected chi connectivity index (χ2v) is 14.9. The first-order chi connectivity index (χ1) is 17.0. The monoisotopic (exact) mass is 521 g/mol. The molecule has 10 nitrogen and oxygen atoms in total. The van der Waals surface area contributed by atoms with Crippen molar-refractivity contribution in [2.24, 2.45) is 17.8 Å². The Balaban J connectivity index is 1.58. The third-order valence-electron chi connectivity index (χ3n) is 8.41. The van der Waals surface area contributed by atoms with Gasteiger partial charge < -0.3 is 4.43 Å². The second kappa shape index (κ2) is 11.8. The van der Waals surface area contributed by atoms with Gasteiger partial charge in [0.15, 0.2) is 8.32 Å². The van der Waals surface area contributed by atoms with Crippen LogP contribution in [-0.4, -0.2) is 86.7 Å². The van der Waals surface area contributed by atoms with E-state index in [0.29, 0.717) is 19.3 Å². The van der Waals surface area contributed by atoms with Gasteiger partial charge in [0, 0.05) is 65.3 Å². The molecule has 0 radical (unpaired) electrons. The highest BCUT2D eigenvalue weighted by Crippen LogP contribution is 2.34. The number of likely N-dealkylation sites (tertiary alicyclic amines) is 3. The summed E-state index contributed by atoms with van der Waals surface area (Å²) in [5.41, 5.74) is 0. The van der Waals surface area contributed by atoms with E-state index in [0.717, 1.165) is 37.4 Å². The summed E-state index contributed by atoms with van der Waals surface area (Å²) in [6, 6.07) is 2.46. The van der Waals surface area contributed by atoms with Crippen molar-refractivity contribution in [2.45, 2.75) is 75.9 Å². The summed E-state index contributed by atoms with van der Waals surface area (Å²) in [6.07, 6.45) is 4.98. The third-order valence-corrected chi connectivity index (χ3v) is 13.1. The van der Waals surface area contributed by atoms with Gasteiger partial charge in [0.2, 0.25) is 35.4 Å². The SMILES string of the molecule is CO[Si](CCCC1CC(=O)N(C)C1=O)(CCCC1CC(=O)N(C)C1=O)CCCC1CC(=O)N(C)C1=O. The summed E-state index contributed by atoms with van der Waals surface area (Å²) in [5, 5.41) is 0. The molecule has 0 aromatic heterocycles. The van der Waals surface area contributed by atoms with E-state index >= 15 is 0 Å². The molecule has 0 spiro atoms. The van der Waals surface area contributed by atoms with E-state index in [4.69, 9.17) is 4.43 Å². The van der Waals surface area contributed by atoms with Crippen LogP contribution in [-0.2, 0) is 33.2 Å². The Kier molecular flexibility index (Phi) is 9.21. The van der Waals surface area contributed by atoms with Gasteiger partial charge in [-0.15, -0.1) is 0 Å². The van der Waals surface area contributed by atoms with Gasteiger partial charge in [0.25, 0.3) is 0 Å². The van der Waals surface area contributed by atoms with Crippen LogP contribution in [0.4, 0.5) is 0 Å². The largest absolute Gasteiger partial charge is 0.420 e. The molecule has 0 saturated carbocycles. The lowest BCUT2D eigenvalue weighted by Crippen LogP contribution is -2.37. The van der Waals surface area contributed by atoms with E-state index in [1.165, 1.54) is 35.8 Å². The van der Waals surface area contributed by atoms with Crippen LogP contribution < -0.4 is 0 Å². The molecule has 0 aromatic rings. The minimum absolute atomic E-state index is 0.119. The topological polar surface area (TPSA) is 121 Å². The molecule has 0 aromatic carbocycles. The van der Waals surface area contributed by atoms with Crippen LogP contribution in [0, 0.1) is 17.8 Å². The van der Waals surface area contributed by atoms with Gasteiger partial charge in [0.1, 0.15) is 0 Å².